The number of aromatic nitrogens is 1. The molecule has 0 aliphatic heterocycles. The van der Waals surface area contributed by atoms with E-state index in [9.17, 15) is 22.8 Å². The maximum atomic E-state index is 12.8. The van der Waals surface area contributed by atoms with E-state index in [0.717, 1.165) is 16.5 Å². The first-order chi connectivity index (χ1) is 15.6. The number of aromatic amines is 1. The average Bonchev–Trinajstić information content (AvgIpc) is 3.17. The monoisotopic (exact) mass is 481 g/mol. The van der Waals surface area contributed by atoms with Crippen LogP contribution in [0.2, 0.25) is 5.02 Å². The van der Waals surface area contributed by atoms with Gasteiger partial charge in [-0.25, -0.2) is 4.79 Å². The molecule has 33 heavy (non-hydrogen) atoms. The number of benzene rings is 2. The lowest BCUT2D eigenvalue weighted by atomic mass is 10.0. The highest BCUT2D eigenvalue weighted by molar-refractivity contribution is 6.30. The molecule has 3 N–H and O–H groups in total. The molecule has 1 amide bonds. The number of nitrogens with one attached hydrogen (secondary N) is 3. The predicted octanol–water partition coefficient (Wildman–Crippen LogP) is 4.55. The lowest BCUT2D eigenvalue weighted by Gasteiger charge is -2.22. The molecule has 6 nitrogen and oxygen atoms in total. The summed E-state index contributed by atoms with van der Waals surface area (Å²) in [4.78, 5) is 26.4. The highest BCUT2D eigenvalue weighted by atomic mass is 35.5. The van der Waals surface area contributed by atoms with E-state index in [1.165, 1.54) is 6.07 Å². The van der Waals surface area contributed by atoms with Gasteiger partial charge in [0.1, 0.15) is 6.10 Å². The summed E-state index contributed by atoms with van der Waals surface area (Å²) in [6.45, 7) is 1.84. The Morgan fingerprint density at radius 2 is 1.94 bits per heavy atom. The van der Waals surface area contributed by atoms with Crippen molar-refractivity contribution in [1.82, 2.24) is 15.6 Å². The fourth-order valence-corrected chi connectivity index (χ4v) is 3.68. The van der Waals surface area contributed by atoms with E-state index in [-0.39, 0.29) is 18.5 Å². The minimum Gasteiger partial charge on any atom is -0.449 e. The Morgan fingerprint density at radius 1 is 1.18 bits per heavy atom. The van der Waals surface area contributed by atoms with Crippen LogP contribution >= 0.6 is 11.6 Å². The number of carbonyl (C=O) groups is 2. The van der Waals surface area contributed by atoms with Gasteiger partial charge in [0.15, 0.2) is 0 Å². The number of halogens is 4. The first kappa shape index (κ1) is 24.6. The Balaban J connectivity index is 1.70. The van der Waals surface area contributed by atoms with Crippen LogP contribution in [-0.2, 0) is 16.0 Å². The van der Waals surface area contributed by atoms with Crippen LogP contribution in [0.15, 0.2) is 48.7 Å². The van der Waals surface area contributed by atoms with Crippen molar-refractivity contribution in [2.75, 3.05) is 13.6 Å². The lowest BCUT2D eigenvalue weighted by Crippen LogP contribution is -2.35. The number of hydrogen-bond donors (Lipinski definition) is 3. The van der Waals surface area contributed by atoms with Crippen molar-refractivity contribution < 1.29 is 27.5 Å². The molecular formula is C23H23ClF3N3O3. The van der Waals surface area contributed by atoms with Crippen LogP contribution in [0.4, 0.5) is 13.2 Å². The molecule has 0 bridgehead atoms. The van der Waals surface area contributed by atoms with Gasteiger partial charge in [-0.1, -0.05) is 29.8 Å². The van der Waals surface area contributed by atoms with Crippen LogP contribution in [0.5, 0.6) is 0 Å². The van der Waals surface area contributed by atoms with Gasteiger partial charge in [0, 0.05) is 47.3 Å². The van der Waals surface area contributed by atoms with Crippen LogP contribution in [0.25, 0.3) is 10.9 Å². The summed E-state index contributed by atoms with van der Waals surface area (Å²) in [6, 6.07) is 11.3. The quantitative estimate of drug-likeness (QED) is 0.412. The van der Waals surface area contributed by atoms with Crippen LogP contribution < -0.4 is 10.6 Å². The van der Waals surface area contributed by atoms with E-state index in [4.69, 9.17) is 16.3 Å². The molecule has 2 atom stereocenters. The van der Waals surface area contributed by atoms with Crippen molar-refractivity contribution in [3.05, 3.63) is 70.4 Å². The van der Waals surface area contributed by atoms with E-state index in [0.29, 0.717) is 22.6 Å². The highest BCUT2D eigenvalue weighted by Gasteiger charge is 2.42. The van der Waals surface area contributed by atoms with E-state index in [1.807, 2.05) is 19.2 Å². The molecule has 3 rings (SSSR count). The van der Waals surface area contributed by atoms with Gasteiger partial charge >= 0.3 is 12.1 Å². The average molecular weight is 482 g/mol. The fraction of sp³-hybridized carbons (Fsp3) is 0.304. The first-order valence-corrected chi connectivity index (χ1v) is 10.5. The zero-order valence-electron chi connectivity index (χ0n) is 17.9. The normalized spacial score (nSPS) is 13.5. The summed E-state index contributed by atoms with van der Waals surface area (Å²) in [5.41, 5.74) is 2.66. The largest absolute Gasteiger partial charge is 0.490 e. The number of ether oxygens (including phenoxy) is 1. The molecule has 1 heterocycles. The molecule has 3 aromatic rings. The van der Waals surface area contributed by atoms with Crippen LogP contribution in [0.3, 0.4) is 0 Å². The number of hydrogen-bond acceptors (Lipinski definition) is 4. The van der Waals surface area contributed by atoms with Gasteiger partial charge in [-0.2, -0.15) is 13.2 Å². The third-order valence-corrected chi connectivity index (χ3v) is 5.37. The van der Waals surface area contributed by atoms with Crippen LogP contribution in [-0.4, -0.2) is 42.7 Å². The van der Waals surface area contributed by atoms with Crippen LogP contribution in [0, 0.1) is 0 Å². The maximum absolute atomic E-state index is 12.8. The molecule has 10 heteroatoms. The molecule has 2 aromatic carbocycles. The van der Waals surface area contributed by atoms with Crippen molar-refractivity contribution in [3.63, 3.8) is 0 Å². The summed E-state index contributed by atoms with van der Waals surface area (Å²) in [6.07, 6.45) is -3.89. The maximum Gasteiger partial charge on any atom is 0.490 e. The van der Waals surface area contributed by atoms with Crippen molar-refractivity contribution in [3.8, 4) is 0 Å². The third kappa shape index (κ3) is 6.27. The minimum atomic E-state index is -5.10. The molecule has 0 saturated carbocycles. The van der Waals surface area contributed by atoms with E-state index in [1.54, 1.807) is 37.4 Å². The third-order valence-electron chi connectivity index (χ3n) is 5.14. The molecule has 0 aliphatic carbocycles. The number of fused-ring (bicyclic) bond motifs is 1. The highest BCUT2D eigenvalue weighted by Crippen LogP contribution is 2.26. The summed E-state index contributed by atoms with van der Waals surface area (Å²) >= 11 is 5.96. The molecule has 0 aliphatic rings. The molecule has 176 valence electrons. The summed E-state index contributed by atoms with van der Waals surface area (Å²) < 4.78 is 43.0. The van der Waals surface area contributed by atoms with Gasteiger partial charge in [0.05, 0.1) is 0 Å². The standard InChI is InChI=1S/C23H23ClF3N3O3/c1-13(8-16-11-30-19-10-15(21(31)28-2)6-7-18(16)19)29-12-20(33-22(32)23(25,26)27)14-4-3-5-17(24)9-14/h3-7,9-11,13,20,29-30H,8,12H2,1-2H3,(H,28,31)/t13-,20+/m1/s1. The predicted molar refractivity (Wildman–Crippen MR) is 119 cm³/mol. The number of alkyl halides is 3. The first-order valence-electron chi connectivity index (χ1n) is 10.2. The van der Waals surface area contributed by atoms with Crippen molar-refractivity contribution >= 4 is 34.4 Å². The molecule has 0 saturated heterocycles. The van der Waals surface area contributed by atoms with Gasteiger partial charge in [-0.15, -0.1) is 0 Å². The van der Waals surface area contributed by atoms with Gasteiger partial charge in [-0.05, 0) is 48.7 Å². The summed E-state index contributed by atoms with van der Waals surface area (Å²) in [5.74, 6) is -2.45. The molecule has 0 radical (unpaired) electrons. The number of esters is 1. The zero-order valence-corrected chi connectivity index (χ0v) is 18.7. The summed E-state index contributed by atoms with van der Waals surface area (Å²) in [7, 11) is 1.56. The van der Waals surface area contributed by atoms with Gasteiger partial charge in [-0.3, -0.25) is 4.79 Å². The second kappa shape index (κ2) is 10.3. The Kier molecular flexibility index (Phi) is 7.65. The molecule has 0 unspecified atom stereocenters. The topological polar surface area (TPSA) is 83.2 Å². The zero-order chi connectivity index (χ0) is 24.2. The van der Waals surface area contributed by atoms with Crippen molar-refractivity contribution in [2.45, 2.75) is 31.7 Å². The molecule has 1 aromatic heterocycles. The van der Waals surface area contributed by atoms with E-state index in [2.05, 4.69) is 15.6 Å². The second-order valence-corrected chi connectivity index (χ2v) is 8.05. The summed E-state index contributed by atoms with van der Waals surface area (Å²) in [5, 5.41) is 6.97. The molecule has 0 spiro atoms. The Morgan fingerprint density at radius 3 is 2.61 bits per heavy atom. The fourth-order valence-electron chi connectivity index (χ4n) is 3.48. The minimum absolute atomic E-state index is 0.0352. The van der Waals surface area contributed by atoms with Crippen molar-refractivity contribution in [1.29, 1.82) is 0 Å². The molecular weight excluding hydrogens is 459 g/mol. The van der Waals surface area contributed by atoms with E-state index < -0.39 is 18.2 Å². The smallest absolute Gasteiger partial charge is 0.449 e. The second-order valence-electron chi connectivity index (χ2n) is 7.61. The number of rotatable bonds is 8. The van der Waals surface area contributed by atoms with Gasteiger partial charge in [0.2, 0.25) is 0 Å². The SMILES string of the molecule is CNC(=O)c1ccc2c(C[C@@H](C)NC[C@H](OC(=O)C(F)(F)F)c3cccc(Cl)c3)c[nH]c2c1. The Bertz CT molecular complexity index is 1150. The molecule has 0 fully saturated rings. The Labute approximate surface area is 193 Å². The van der Waals surface area contributed by atoms with E-state index >= 15 is 0 Å². The lowest BCUT2D eigenvalue weighted by molar-refractivity contribution is -0.205. The number of carbonyl (C=O) groups excluding carboxylic acids is 2. The van der Waals surface area contributed by atoms with Gasteiger partial charge < -0.3 is 20.4 Å². The Hall–Kier alpha value is -3.04. The number of H-pyrrole nitrogens is 1. The number of amides is 1. The van der Waals surface area contributed by atoms with Gasteiger partial charge in [0.25, 0.3) is 5.91 Å². The van der Waals surface area contributed by atoms with Crippen molar-refractivity contribution in [2.24, 2.45) is 0 Å². The van der Waals surface area contributed by atoms with Crippen LogP contribution in [0.1, 0.15) is 34.5 Å².